The van der Waals surface area contributed by atoms with Crippen LogP contribution in [0.1, 0.15) is 45.8 Å². The summed E-state index contributed by atoms with van der Waals surface area (Å²) in [5.74, 6) is 2.28. The van der Waals surface area contributed by atoms with Crippen LogP contribution >= 0.6 is 0 Å². The van der Waals surface area contributed by atoms with Gasteiger partial charge in [-0.05, 0) is 37.3 Å². The Morgan fingerprint density at radius 2 is 1.90 bits per heavy atom. The normalized spacial score (nSPS) is 15.1. The van der Waals surface area contributed by atoms with Crippen LogP contribution in [0.4, 0.5) is 4.39 Å². The molecule has 0 saturated carbocycles. The third-order valence-corrected chi connectivity index (χ3v) is 5.85. The third kappa shape index (κ3) is 3.94. The largest absolute Gasteiger partial charge is 0.364 e. The fourth-order valence-electron chi connectivity index (χ4n) is 3.60. The van der Waals surface area contributed by atoms with Gasteiger partial charge in [0.1, 0.15) is 20.2 Å². The number of imidazole rings is 1. The fourth-order valence-corrected chi connectivity index (χ4v) is 4.12. The summed E-state index contributed by atoms with van der Waals surface area (Å²) in [6.07, 6.45) is 1.57. The van der Waals surface area contributed by atoms with Crippen molar-refractivity contribution >= 4 is 19.7 Å². The molecule has 7 heteroatoms. The number of carbonyl (C=O) groups is 1. The average molecular weight is 431 g/mol. The zero-order valence-electron chi connectivity index (χ0n) is 17.9. The lowest BCUT2D eigenvalue weighted by Gasteiger charge is -2.13. The number of nitrogens with zero attached hydrogens (tertiary/aromatic N) is 3. The highest BCUT2D eigenvalue weighted by Crippen LogP contribution is 2.33. The van der Waals surface area contributed by atoms with Crippen LogP contribution in [0.5, 0.6) is 0 Å². The van der Waals surface area contributed by atoms with Gasteiger partial charge >= 0.3 is 0 Å². The van der Waals surface area contributed by atoms with E-state index < -0.39 is 20.0 Å². The Labute approximate surface area is 181 Å². The molecule has 4 rings (SSSR count). The first-order chi connectivity index (χ1) is 14.7. The van der Waals surface area contributed by atoms with Gasteiger partial charge in [-0.15, -0.1) is 5.54 Å². The van der Waals surface area contributed by atoms with Gasteiger partial charge in [0.15, 0.2) is 5.69 Å². The summed E-state index contributed by atoms with van der Waals surface area (Å²) < 4.78 is 16.6. The molecular formula is C24H23FN4OSi. The van der Waals surface area contributed by atoms with Crippen molar-refractivity contribution < 1.29 is 9.18 Å². The van der Waals surface area contributed by atoms with E-state index in [4.69, 9.17) is 10.7 Å². The van der Waals surface area contributed by atoms with E-state index in [1.165, 1.54) is 6.07 Å². The highest BCUT2D eigenvalue weighted by Gasteiger charge is 2.28. The Hall–Kier alpha value is -3.50. The molecule has 5 nitrogen and oxygen atoms in total. The Morgan fingerprint density at radius 1 is 1.16 bits per heavy atom. The summed E-state index contributed by atoms with van der Waals surface area (Å²) in [6, 6.07) is 11.9. The van der Waals surface area contributed by atoms with Crippen LogP contribution in [0.25, 0.3) is 5.69 Å². The van der Waals surface area contributed by atoms with E-state index >= 15 is 0 Å². The number of fused-ring (bicyclic) bond motifs is 3. The second kappa shape index (κ2) is 7.64. The molecule has 0 aliphatic carbocycles. The number of benzene rings is 2. The summed E-state index contributed by atoms with van der Waals surface area (Å²) in [5, 5.41) is 0. The molecule has 2 N–H and O–H groups in total. The van der Waals surface area contributed by atoms with E-state index in [2.05, 4.69) is 36.1 Å². The second-order valence-corrected chi connectivity index (χ2v) is 13.3. The molecule has 0 unspecified atom stereocenters. The SMILES string of the molecule is C[C@H]1N=C(c2ccccc2F)c2cc(C#C[Si](C)(C)C)ccc2-n2cnc(C(N)=O)c21. The van der Waals surface area contributed by atoms with E-state index in [-0.39, 0.29) is 11.5 Å². The Kier molecular flexibility index (Phi) is 5.11. The van der Waals surface area contributed by atoms with Crippen LogP contribution in [0.15, 0.2) is 53.8 Å². The van der Waals surface area contributed by atoms with Gasteiger partial charge < -0.3 is 5.73 Å². The van der Waals surface area contributed by atoms with Gasteiger partial charge in [0.05, 0.1) is 23.1 Å². The summed E-state index contributed by atoms with van der Waals surface area (Å²) >= 11 is 0. The minimum Gasteiger partial charge on any atom is -0.364 e. The van der Waals surface area contributed by atoms with E-state index in [0.29, 0.717) is 17.0 Å². The number of hydrogen-bond donors (Lipinski definition) is 1. The Bertz CT molecular complexity index is 1290. The number of aromatic nitrogens is 2. The minimum atomic E-state index is -1.57. The predicted octanol–water partition coefficient (Wildman–Crippen LogP) is 4.25. The fraction of sp³-hybridized carbons (Fsp3) is 0.208. The quantitative estimate of drug-likeness (QED) is 0.488. The lowest BCUT2D eigenvalue weighted by atomic mass is 9.98. The summed E-state index contributed by atoms with van der Waals surface area (Å²) in [4.78, 5) is 21.0. The zero-order chi connectivity index (χ0) is 22.3. The van der Waals surface area contributed by atoms with Crippen LogP contribution in [0.3, 0.4) is 0 Å². The summed E-state index contributed by atoms with van der Waals surface area (Å²) in [6.45, 7) is 8.39. The molecule has 1 atom stereocenters. The van der Waals surface area contributed by atoms with Crippen molar-refractivity contribution in [2.45, 2.75) is 32.6 Å². The smallest absolute Gasteiger partial charge is 0.269 e. The number of aliphatic imine (C=N–C) groups is 1. The number of primary amides is 1. The number of halogens is 1. The molecule has 2 heterocycles. The number of carbonyl (C=O) groups excluding carboxylic acids is 1. The molecule has 156 valence electrons. The van der Waals surface area contributed by atoms with Crippen molar-refractivity contribution in [3.63, 3.8) is 0 Å². The molecule has 3 aromatic rings. The molecule has 0 radical (unpaired) electrons. The van der Waals surface area contributed by atoms with Crippen LogP contribution < -0.4 is 5.73 Å². The van der Waals surface area contributed by atoms with Crippen molar-refractivity contribution in [1.82, 2.24) is 9.55 Å². The molecule has 1 aromatic heterocycles. The molecule has 1 aliphatic heterocycles. The van der Waals surface area contributed by atoms with E-state index in [0.717, 1.165) is 16.8 Å². The van der Waals surface area contributed by atoms with Crippen molar-refractivity contribution in [3.05, 3.63) is 82.7 Å². The number of rotatable bonds is 2. The lowest BCUT2D eigenvalue weighted by molar-refractivity contribution is 0.0994. The molecule has 0 fully saturated rings. The molecule has 2 aromatic carbocycles. The highest BCUT2D eigenvalue weighted by molar-refractivity contribution is 6.83. The molecule has 0 spiro atoms. The van der Waals surface area contributed by atoms with Crippen molar-refractivity contribution in [2.75, 3.05) is 0 Å². The summed E-state index contributed by atoms with van der Waals surface area (Å²) in [7, 11) is -1.57. The van der Waals surface area contributed by atoms with E-state index in [1.54, 1.807) is 24.5 Å². The molecule has 0 saturated heterocycles. The molecule has 1 amide bonds. The zero-order valence-corrected chi connectivity index (χ0v) is 18.9. The van der Waals surface area contributed by atoms with Crippen molar-refractivity contribution in [1.29, 1.82) is 0 Å². The van der Waals surface area contributed by atoms with Crippen LogP contribution in [0.2, 0.25) is 19.6 Å². The first-order valence-electron chi connectivity index (χ1n) is 10.0. The van der Waals surface area contributed by atoms with Gasteiger partial charge in [-0.2, -0.15) is 0 Å². The Balaban J connectivity index is 2.02. The number of hydrogen-bond acceptors (Lipinski definition) is 3. The summed E-state index contributed by atoms with van der Waals surface area (Å²) in [5.41, 5.74) is 12.9. The first kappa shape index (κ1) is 20.8. The van der Waals surface area contributed by atoms with Gasteiger partial charge in [-0.1, -0.05) is 37.7 Å². The monoisotopic (exact) mass is 430 g/mol. The standard InChI is InChI=1S/C24H23FN4OSi/c1-15-23-22(24(26)30)27-14-29(23)20-10-9-16(11-12-31(2,3)4)13-18(20)21(28-15)17-7-5-6-8-19(17)25/h5-10,13-15H,1-4H3,(H2,26,30)/t15-/m1/s1. The lowest BCUT2D eigenvalue weighted by Crippen LogP contribution is -2.16. The van der Waals surface area contributed by atoms with E-state index in [1.807, 2.05) is 29.7 Å². The molecule has 0 bridgehead atoms. The van der Waals surface area contributed by atoms with Gasteiger partial charge in [0.2, 0.25) is 0 Å². The van der Waals surface area contributed by atoms with Gasteiger partial charge in [0.25, 0.3) is 5.91 Å². The maximum Gasteiger partial charge on any atom is 0.269 e. The van der Waals surface area contributed by atoms with Crippen LogP contribution in [0, 0.1) is 17.3 Å². The van der Waals surface area contributed by atoms with Gasteiger partial charge in [-0.3, -0.25) is 14.4 Å². The minimum absolute atomic E-state index is 0.166. The van der Waals surface area contributed by atoms with Crippen LogP contribution in [-0.4, -0.2) is 29.2 Å². The molecule has 31 heavy (non-hydrogen) atoms. The highest BCUT2D eigenvalue weighted by atomic mass is 28.3. The average Bonchev–Trinajstić information content (AvgIpc) is 3.11. The predicted molar refractivity (Wildman–Crippen MR) is 123 cm³/mol. The van der Waals surface area contributed by atoms with Crippen molar-refractivity contribution in [3.8, 4) is 17.2 Å². The molecular weight excluding hydrogens is 407 g/mol. The van der Waals surface area contributed by atoms with Crippen LogP contribution in [-0.2, 0) is 0 Å². The third-order valence-electron chi connectivity index (χ3n) is 4.98. The number of nitrogens with two attached hydrogens (primary N) is 1. The van der Waals surface area contributed by atoms with E-state index in [9.17, 15) is 9.18 Å². The Morgan fingerprint density at radius 3 is 2.58 bits per heavy atom. The number of amides is 1. The topological polar surface area (TPSA) is 73.3 Å². The maximum absolute atomic E-state index is 14.8. The van der Waals surface area contributed by atoms with Gasteiger partial charge in [-0.25, -0.2) is 9.37 Å². The first-order valence-corrected chi connectivity index (χ1v) is 13.5. The second-order valence-electron chi connectivity index (χ2n) is 8.58. The van der Waals surface area contributed by atoms with Crippen molar-refractivity contribution in [2.24, 2.45) is 10.7 Å². The van der Waals surface area contributed by atoms with Gasteiger partial charge in [0, 0.05) is 16.7 Å². The molecule has 1 aliphatic rings. The maximum atomic E-state index is 14.8.